The standard InChI is InChI=1S/C35H33F2N3O2/c1-25-6-8-27(9-7-25)22-39(19-18-29-21-38-33-5-3-2-4-32(29)33)35(42)24-40(23-28-12-16-31(37)17-13-28)34(41)20-26-10-14-30(36)15-11-26/h2-17,21,38H,18-20,22-24H2,1H3. The molecule has 5 aromatic rings. The Morgan fingerprint density at radius 3 is 1.93 bits per heavy atom. The number of aromatic nitrogens is 1. The van der Waals surface area contributed by atoms with E-state index in [1.165, 1.54) is 29.2 Å². The van der Waals surface area contributed by atoms with Gasteiger partial charge in [-0.15, -0.1) is 0 Å². The first-order valence-corrected chi connectivity index (χ1v) is 14.0. The van der Waals surface area contributed by atoms with Crippen LogP contribution >= 0.6 is 0 Å². The van der Waals surface area contributed by atoms with Crippen molar-refractivity contribution in [1.29, 1.82) is 0 Å². The SMILES string of the molecule is Cc1ccc(CN(CCc2c[nH]c3ccccc23)C(=O)CN(Cc2ccc(F)cc2)C(=O)Cc2ccc(F)cc2)cc1. The molecule has 4 aromatic carbocycles. The number of rotatable bonds is 11. The largest absolute Gasteiger partial charge is 0.361 e. The van der Waals surface area contributed by atoms with Gasteiger partial charge in [0.1, 0.15) is 18.2 Å². The quantitative estimate of drug-likeness (QED) is 0.196. The number of halogens is 2. The summed E-state index contributed by atoms with van der Waals surface area (Å²) in [6.45, 7) is 2.89. The molecular formula is C35H33F2N3O2. The van der Waals surface area contributed by atoms with Crippen LogP contribution in [0.3, 0.4) is 0 Å². The molecule has 7 heteroatoms. The Bertz CT molecular complexity index is 1650. The van der Waals surface area contributed by atoms with Crippen molar-refractivity contribution in [3.05, 3.63) is 143 Å². The van der Waals surface area contributed by atoms with Gasteiger partial charge in [0.15, 0.2) is 0 Å². The zero-order valence-corrected chi connectivity index (χ0v) is 23.5. The molecule has 0 spiro atoms. The summed E-state index contributed by atoms with van der Waals surface area (Å²) in [7, 11) is 0. The van der Waals surface area contributed by atoms with Crippen LogP contribution in [0.25, 0.3) is 10.9 Å². The number of H-pyrrole nitrogens is 1. The predicted molar refractivity (Wildman–Crippen MR) is 161 cm³/mol. The summed E-state index contributed by atoms with van der Waals surface area (Å²) >= 11 is 0. The molecule has 0 aliphatic heterocycles. The first kappa shape index (κ1) is 28.7. The number of nitrogens with one attached hydrogen (secondary N) is 1. The Kier molecular flexibility index (Phi) is 9.07. The third-order valence-corrected chi connectivity index (χ3v) is 7.41. The molecular weight excluding hydrogens is 532 g/mol. The number of carbonyl (C=O) groups excluding carboxylic acids is 2. The van der Waals surface area contributed by atoms with Gasteiger partial charge < -0.3 is 14.8 Å². The number of aryl methyl sites for hydroxylation is 1. The number of carbonyl (C=O) groups is 2. The maximum atomic E-state index is 13.9. The molecule has 0 bridgehead atoms. The van der Waals surface area contributed by atoms with Gasteiger partial charge in [-0.05, 0) is 65.9 Å². The molecule has 0 radical (unpaired) electrons. The van der Waals surface area contributed by atoms with Crippen molar-refractivity contribution in [1.82, 2.24) is 14.8 Å². The van der Waals surface area contributed by atoms with Crippen LogP contribution in [-0.2, 0) is 35.5 Å². The van der Waals surface area contributed by atoms with Crippen LogP contribution in [0.5, 0.6) is 0 Å². The fourth-order valence-corrected chi connectivity index (χ4v) is 4.99. The van der Waals surface area contributed by atoms with Crippen molar-refractivity contribution < 1.29 is 18.4 Å². The molecule has 0 unspecified atom stereocenters. The average Bonchev–Trinajstić information content (AvgIpc) is 3.41. The van der Waals surface area contributed by atoms with E-state index in [0.717, 1.165) is 27.6 Å². The molecule has 1 N–H and O–H groups in total. The van der Waals surface area contributed by atoms with E-state index >= 15 is 0 Å². The van der Waals surface area contributed by atoms with Crippen molar-refractivity contribution in [2.45, 2.75) is 32.9 Å². The smallest absolute Gasteiger partial charge is 0.242 e. The van der Waals surface area contributed by atoms with E-state index in [2.05, 4.69) is 11.1 Å². The molecule has 0 fully saturated rings. The van der Waals surface area contributed by atoms with E-state index < -0.39 is 0 Å². The highest BCUT2D eigenvalue weighted by atomic mass is 19.1. The topological polar surface area (TPSA) is 56.4 Å². The van der Waals surface area contributed by atoms with Gasteiger partial charge >= 0.3 is 0 Å². The van der Waals surface area contributed by atoms with Gasteiger partial charge in [0.25, 0.3) is 0 Å². The van der Waals surface area contributed by atoms with Gasteiger partial charge in [-0.2, -0.15) is 0 Å². The van der Waals surface area contributed by atoms with Crippen molar-refractivity contribution >= 4 is 22.7 Å². The number of hydrogen-bond acceptors (Lipinski definition) is 2. The maximum Gasteiger partial charge on any atom is 0.242 e. The lowest BCUT2D eigenvalue weighted by atomic mass is 10.1. The molecule has 5 rings (SSSR count). The van der Waals surface area contributed by atoms with E-state index in [-0.39, 0.29) is 43.0 Å². The second kappa shape index (κ2) is 13.3. The Morgan fingerprint density at radius 2 is 1.26 bits per heavy atom. The minimum Gasteiger partial charge on any atom is -0.361 e. The first-order valence-electron chi connectivity index (χ1n) is 14.0. The van der Waals surface area contributed by atoms with Crippen molar-refractivity contribution in [3.63, 3.8) is 0 Å². The van der Waals surface area contributed by atoms with Crippen molar-refractivity contribution in [2.75, 3.05) is 13.1 Å². The zero-order valence-electron chi connectivity index (χ0n) is 23.5. The Morgan fingerprint density at radius 1 is 0.690 bits per heavy atom. The maximum absolute atomic E-state index is 13.9. The van der Waals surface area contributed by atoms with Crippen LogP contribution in [0.2, 0.25) is 0 Å². The number of hydrogen-bond donors (Lipinski definition) is 1. The molecule has 5 nitrogen and oxygen atoms in total. The van der Waals surface area contributed by atoms with Crippen molar-refractivity contribution in [3.8, 4) is 0 Å². The number of nitrogens with zero attached hydrogens (tertiary/aromatic N) is 2. The number of aromatic amines is 1. The molecule has 1 aromatic heterocycles. The first-order chi connectivity index (χ1) is 20.3. The minimum absolute atomic E-state index is 0.0159. The Hall–Kier alpha value is -4.78. The van der Waals surface area contributed by atoms with E-state index in [1.807, 2.05) is 55.6 Å². The fourth-order valence-electron chi connectivity index (χ4n) is 4.99. The number of amides is 2. The lowest BCUT2D eigenvalue weighted by Gasteiger charge is -2.28. The normalized spacial score (nSPS) is 11.0. The summed E-state index contributed by atoms with van der Waals surface area (Å²) < 4.78 is 27.0. The molecule has 214 valence electrons. The molecule has 2 amide bonds. The molecule has 0 saturated carbocycles. The van der Waals surface area contributed by atoms with Crippen LogP contribution in [0.1, 0.15) is 27.8 Å². The molecule has 42 heavy (non-hydrogen) atoms. The highest BCUT2D eigenvalue weighted by molar-refractivity contribution is 5.86. The predicted octanol–water partition coefficient (Wildman–Crippen LogP) is 6.60. The summed E-state index contributed by atoms with van der Waals surface area (Å²) in [6.07, 6.45) is 2.64. The van der Waals surface area contributed by atoms with E-state index in [9.17, 15) is 18.4 Å². The van der Waals surface area contributed by atoms with Crippen LogP contribution in [0, 0.1) is 18.6 Å². The molecule has 0 atom stereocenters. The minimum atomic E-state index is -0.383. The van der Waals surface area contributed by atoms with Crippen LogP contribution < -0.4 is 0 Å². The summed E-state index contributed by atoms with van der Waals surface area (Å²) in [6, 6.07) is 27.8. The highest BCUT2D eigenvalue weighted by Gasteiger charge is 2.23. The Balaban J connectivity index is 1.37. The average molecular weight is 566 g/mol. The monoisotopic (exact) mass is 565 g/mol. The summed E-state index contributed by atoms with van der Waals surface area (Å²) in [4.78, 5) is 34.0. The number of fused-ring (bicyclic) bond motifs is 1. The summed E-state index contributed by atoms with van der Waals surface area (Å²) in [5.74, 6) is -1.22. The van der Waals surface area contributed by atoms with Crippen LogP contribution in [-0.4, -0.2) is 39.7 Å². The van der Waals surface area contributed by atoms with Gasteiger partial charge in [0.2, 0.25) is 11.8 Å². The molecule has 0 aliphatic carbocycles. The lowest BCUT2D eigenvalue weighted by molar-refractivity contribution is -0.141. The lowest BCUT2D eigenvalue weighted by Crippen LogP contribution is -2.43. The second-order valence-electron chi connectivity index (χ2n) is 10.6. The van der Waals surface area contributed by atoms with Gasteiger partial charge in [-0.3, -0.25) is 9.59 Å². The van der Waals surface area contributed by atoms with Crippen LogP contribution in [0.15, 0.2) is 103 Å². The third-order valence-electron chi connectivity index (χ3n) is 7.41. The summed E-state index contributed by atoms with van der Waals surface area (Å²) in [5.41, 5.74) is 5.64. The van der Waals surface area contributed by atoms with Crippen LogP contribution in [0.4, 0.5) is 8.78 Å². The fraction of sp³-hybridized carbons (Fsp3) is 0.200. The van der Waals surface area contributed by atoms with Gasteiger partial charge in [-0.25, -0.2) is 8.78 Å². The third kappa shape index (κ3) is 7.49. The Labute approximate surface area is 244 Å². The van der Waals surface area contributed by atoms with Crippen molar-refractivity contribution in [2.24, 2.45) is 0 Å². The second-order valence-corrected chi connectivity index (χ2v) is 10.6. The molecule has 0 aliphatic rings. The van der Waals surface area contributed by atoms with E-state index in [4.69, 9.17) is 0 Å². The highest BCUT2D eigenvalue weighted by Crippen LogP contribution is 2.19. The number of para-hydroxylation sites is 1. The van der Waals surface area contributed by atoms with Gasteiger partial charge in [0, 0.05) is 36.7 Å². The molecule has 0 saturated heterocycles. The van der Waals surface area contributed by atoms with E-state index in [1.54, 1.807) is 29.2 Å². The van der Waals surface area contributed by atoms with E-state index in [0.29, 0.717) is 30.6 Å². The van der Waals surface area contributed by atoms with Gasteiger partial charge in [0.05, 0.1) is 6.42 Å². The zero-order chi connectivity index (χ0) is 29.5. The summed E-state index contributed by atoms with van der Waals surface area (Å²) in [5, 5.41) is 1.12. The number of benzene rings is 4. The molecule has 1 heterocycles. The van der Waals surface area contributed by atoms with Gasteiger partial charge in [-0.1, -0.05) is 72.3 Å².